The fourth-order valence-corrected chi connectivity index (χ4v) is 6.71. The van der Waals surface area contributed by atoms with Gasteiger partial charge in [0.1, 0.15) is 0 Å². The van der Waals surface area contributed by atoms with Crippen molar-refractivity contribution in [3.8, 4) is 0 Å². The van der Waals surface area contributed by atoms with E-state index in [4.69, 9.17) is 4.74 Å². The molecule has 5 aliphatic rings. The molecule has 2 saturated heterocycles. The van der Waals surface area contributed by atoms with Crippen molar-refractivity contribution in [1.82, 2.24) is 5.06 Å². The van der Waals surface area contributed by atoms with Crippen molar-refractivity contribution in [2.45, 2.75) is 36.9 Å². The standard InChI is InChI=1S/C20H24N2O4/c1-3-10-11-8-15-18-20(16(11)19(24)26-2,13(9-23)17(10)22(15)25)12-6-4-5-7-14(12)21-18/h3-7,11,13,15-18,21,23,25H,8-9H2,1-2H3/b10-3-. The maximum Gasteiger partial charge on any atom is 0.310 e. The maximum absolute atomic E-state index is 13.0. The van der Waals surface area contributed by atoms with Gasteiger partial charge in [-0.2, -0.15) is 5.06 Å². The summed E-state index contributed by atoms with van der Waals surface area (Å²) in [5.74, 6) is -0.840. The summed E-state index contributed by atoms with van der Waals surface area (Å²) in [5.41, 5.74) is 2.55. The van der Waals surface area contributed by atoms with Gasteiger partial charge >= 0.3 is 5.97 Å². The second-order valence-electron chi connectivity index (χ2n) is 7.91. The Morgan fingerprint density at radius 3 is 2.92 bits per heavy atom. The third kappa shape index (κ3) is 1.57. The molecule has 1 aromatic carbocycles. The van der Waals surface area contributed by atoms with Crippen LogP contribution in [-0.2, 0) is 14.9 Å². The predicted octanol–water partition coefficient (Wildman–Crippen LogP) is 1.54. The number of hydrogen-bond acceptors (Lipinski definition) is 6. The van der Waals surface area contributed by atoms with Crippen molar-refractivity contribution in [2.24, 2.45) is 17.8 Å². The molecule has 0 radical (unpaired) electrons. The molecule has 6 rings (SSSR count). The zero-order valence-electron chi connectivity index (χ0n) is 14.9. The first-order valence-electron chi connectivity index (χ1n) is 9.29. The summed E-state index contributed by atoms with van der Waals surface area (Å²) in [5, 5.41) is 26.4. The molecule has 3 N–H and O–H groups in total. The van der Waals surface area contributed by atoms with Gasteiger partial charge in [-0.15, -0.1) is 0 Å². The topological polar surface area (TPSA) is 82.0 Å². The Kier molecular flexibility index (Phi) is 3.33. The highest BCUT2D eigenvalue weighted by Gasteiger charge is 2.75. The van der Waals surface area contributed by atoms with Gasteiger partial charge in [-0.05, 0) is 30.9 Å². The number of benzene rings is 1. The summed E-state index contributed by atoms with van der Waals surface area (Å²) in [7, 11) is 1.44. The van der Waals surface area contributed by atoms with Crippen LogP contribution < -0.4 is 5.32 Å². The largest absolute Gasteiger partial charge is 0.469 e. The number of para-hydroxylation sites is 1. The Hall–Kier alpha value is -1.89. The molecule has 0 amide bonds. The number of hydroxylamine groups is 2. The van der Waals surface area contributed by atoms with Crippen LogP contribution in [0.1, 0.15) is 18.9 Å². The minimum Gasteiger partial charge on any atom is -0.469 e. The maximum atomic E-state index is 13.0. The molecule has 2 saturated carbocycles. The lowest BCUT2D eigenvalue weighted by Crippen LogP contribution is -2.79. The van der Waals surface area contributed by atoms with Crippen LogP contribution >= 0.6 is 0 Å². The van der Waals surface area contributed by atoms with Crippen LogP contribution in [0, 0.1) is 17.8 Å². The van der Waals surface area contributed by atoms with E-state index in [1.807, 2.05) is 31.2 Å². The van der Waals surface area contributed by atoms with Gasteiger partial charge in [0.2, 0.25) is 0 Å². The molecular formula is C20H24N2O4. The average molecular weight is 356 g/mol. The van der Waals surface area contributed by atoms with Gasteiger partial charge in [-0.3, -0.25) is 4.79 Å². The molecule has 4 fully saturated rings. The number of anilines is 1. The van der Waals surface area contributed by atoms with Crippen LogP contribution in [0.4, 0.5) is 5.69 Å². The first-order chi connectivity index (χ1) is 12.6. The molecule has 138 valence electrons. The van der Waals surface area contributed by atoms with Crippen LogP contribution in [0.2, 0.25) is 0 Å². The van der Waals surface area contributed by atoms with E-state index in [0.29, 0.717) is 6.42 Å². The normalized spacial score (nSPS) is 43.9. The van der Waals surface area contributed by atoms with Crippen LogP contribution in [0.3, 0.4) is 0 Å². The number of esters is 1. The van der Waals surface area contributed by atoms with Gasteiger partial charge < -0.3 is 20.4 Å². The van der Waals surface area contributed by atoms with Gasteiger partial charge in [-0.25, -0.2) is 0 Å². The van der Waals surface area contributed by atoms with Crippen LogP contribution in [0.15, 0.2) is 35.9 Å². The van der Waals surface area contributed by atoms with E-state index >= 15 is 0 Å². The van der Waals surface area contributed by atoms with Gasteiger partial charge in [0, 0.05) is 23.6 Å². The Morgan fingerprint density at radius 1 is 1.46 bits per heavy atom. The highest BCUT2D eigenvalue weighted by atomic mass is 16.5. The zero-order chi connectivity index (χ0) is 18.2. The van der Waals surface area contributed by atoms with Crippen molar-refractivity contribution < 1.29 is 19.8 Å². The van der Waals surface area contributed by atoms with E-state index < -0.39 is 5.41 Å². The monoisotopic (exact) mass is 356 g/mol. The second kappa shape index (κ2) is 5.31. The van der Waals surface area contributed by atoms with Crippen molar-refractivity contribution in [2.75, 3.05) is 19.0 Å². The molecule has 3 heterocycles. The molecule has 7 unspecified atom stereocenters. The van der Waals surface area contributed by atoms with Gasteiger partial charge in [-0.1, -0.05) is 29.8 Å². The summed E-state index contributed by atoms with van der Waals surface area (Å²) in [6.07, 6.45) is 2.72. The number of nitrogens with one attached hydrogen (secondary N) is 1. The third-order valence-corrected chi connectivity index (χ3v) is 7.39. The highest BCUT2D eigenvalue weighted by Crippen LogP contribution is 2.67. The summed E-state index contributed by atoms with van der Waals surface area (Å²) >= 11 is 0. The van der Waals surface area contributed by atoms with Gasteiger partial charge in [0.05, 0.1) is 31.2 Å². The molecule has 3 aliphatic heterocycles. The number of carbonyl (C=O) groups excluding carboxylic acids is 1. The van der Waals surface area contributed by atoms with Crippen molar-refractivity contribution in [3.05, 3.63) is 41.5 Å². The second-order valence-corrected chi connectivity index (χ2v) is 7.91. The molecule has 26 heavy (non-hydrogen) atoms. The van der Waals surface area contributed by atoms with E-state index in [2.05, 4.69) is 11.4 Å². The summed E-state index contributed by atoms with van der Waals surface area (Å²) < 4.78 is 5.25. The lowest BCUT2D eigenvalue weighted by molar-refractivity contribution is -0.257. The molecule has 6 nitrogen and oxygen atoms in total. The number of aliphatic hydroxyl groups is 1. The fraction of sp³-hybridized carbons (Fsp3) is 0.550. The lowest BCUT2D eigenvalue weighted by Gasteiger charge is -2.68. The van der Waals surface area contributed by atoms with E-state index in [1.165, 1.54) is 12.2 Å². The molecule has 1 spiro atoms. The molecule has 7 atom stereocenters. The SMILES string of the molecule is C/C=C1/C2CC3C4Nc5ccccc5C4(C(CO)C1N3O)C2C(=O)OC. The summed E-state index contributed by atoms with van der Waals surface area (Å²) in [4.78, 5) is 13.0. The van der Waals surface area contributed by atoms with Crippen molar-refractivity contribution in [3.63, 3.8) is 0 Å². The summed E-state index contributed by atoms with van der Waals surface area (Å²) in [6, 6.07) is 7.55. The minimum atomic E-state index is -0.567. The number of hydrogen-bond donors (Lipinski definition) is 3. The van der Waals surface area contributed by atoms with Crippen molar-refractivity contribution >= 4 is 11.7 Å². The van der Waals surface area contributed by atoms with Crippen LogP contribution in [0.25, 0.3) is 0 Å². The quantitative estimate of drug-likeness (QED) is 0.551. The molecule has 2 aliphatic carbocycles. The van der Waals surface area contributed by atoms with Gasteiger partial charge in [0.15, 0.2) is 0 Å². The lowest BCUT2D eigenvalue weighted by atomic mass is 9.42. The number of carbonyl (C=O) groups is 1. The number of rotatable bonds is 2. The number of allylic oxidation sites excluding steroid dienone is 1. The summed E-state index contributed by atoms with van der Waals surface area (Å²) in [6.45, 7) is 1.85. The van der Waals surface area contributed by atoms with E-state index in [1.54, 1.807) is 0 Å². The molecule has 0 aromatic heterocycles. The smallest absolute Gasteiger partial charge is 0.310 e. The number of ether oxygens (including phenoxy) is 1. The molecule has 6 heteroatoms. The number of aliphatic hydroxyl groups excluding tert-OH is 1. The van der Waals surface area contributed by atoms with E-state index in [0.717, 1.165) is 16.8 Å². The zero-order valence-corrected chi connectivity index (χ0v) is 14.9. The first-order valence-corrected chi connectivity index (χ1v) is 9.29. The Bertz CT molecular complexity index is 809. The molecule has 4 bridgehead atoms. The Balaban J connectivity index is 1.82. The van der Waals surface area contributed by atoms with Crippen LogP contribution in [-0.4, -0.2) is 53.2 Å². The highest BCUT2D eigenvalue weighted by molar-refractivity contribution is 5.81. The molecular weight excluding hydrogens is 332 g/mol. The first kappa shape index (κ1) is 16.3. The Labute approximate surface area is 152 Å². The van der Waals surface area contributed by atoms with Crippen LogP contribution in [0.5, 0.6) is 0 Å². The predicted molar refractivity (Wildman–Crippen MR) is 94.7 cm³/mol. The number of nitrogens with zero attached hydrogens (tertiary/aromatic N) is 1. The third-order valence-electron chi connectivity index (χ3n) is 7.39. The van der Waals surface area contributed by atoms with Gasteiger partial charge in [0.25, 0.3) is 0 Å². The van der Waals surface area contributed by atoms with Crippen molar-refractivity contribution in [1.29, 1.82) is 0 Å². The number of piperidine rings is 2. The number of methoxy groups -OCH3 is 1. The molecule has 1 aromatic rings. The Morgan fingerprint density at radius 2 is 2.23 bits per heavy atom. The average Bonchev–Trinajstić information content (AvgIpc) is 3.00. The number of fused-ring (bicyclic) bond motifs is 1. The van der Waals surface area contributed by atoms with E-state index in [-0.39, 0.29) is 48.5 Å². The minimum absolute atomic E-state index is 0.0258. The van der Waals surface area contributed by atoms with E-state index in [9.17, 15) is 15.1 Å². The fourth-order valence-electron chi connectivity index (χ4n) is 6.71.